The van der Waals surface area contributed by atoms with Crippen molar-refractivity contribution in [1.82, 2.24) is 5.32 Å². The van der Waals surface area contributed by atoms with Gasteiger partial charge in [0, 0.05) is 19.7 Å². The summed E-state index contributed by atoms with van der Waals surface area (Å²) < 4.78 is 10.6. The molecule has 20 heavy (non-hydrogen) atoms. The highest BCUT2D eigenvalue weighted by Gasteiger charge is 2.15. The summed E-state index contributed by atoms with van der Waals surface area (Å²) in [5, 5.41) is 13.8. The van der Waals surface area contributed by atoms with Crippen molar-refractivity contribution in [1.29, 1.82) is 0 Å². The van der Waals surface area contributed by atoms with Gasteiger partial charge in [-0.25, -0.2) is 0 Å². The summed E-state index contributed by atoms with van der Waals surface area (Å²) in [5.74, 6) is 1.03. The number of halogens is 1. The molecule has 4 nitrogen and oxygen atoms in total. The van der Waals surface area contributed by atoms with Crippen LogP contribution < -0.4 is 10.1 Å². The Kier molecular flexibility index (Phi) is 7.92. The molecule has 0 aliphatic carbocycles. The van der Waals surface area contributed by atoms with Gasteiger partial charge in [-0.1, -0.05) is 37.6 Å². The minimum absolute atomic E-state index is 0.203. The van der Waals surface area contributed by atoms with Crippen LogP contribution in [0.15, 0.2) is 24.3 Å². The van der Waals surface area contributed by atoms with Crippen molar-refractivity contribution in [3.05, 3.63) is 29.3 Å². The van der Waals surface area contributed by atoms with E-state index < -0.39 is 6.10 Å². The van der Waals surface area contributed by atoms with E-state index in [4.69, 9.17) is 21.1 Å². The number of benzene rings is 1. The molecule has 114 valence electrons. The second-order valence-corrected chi connectivity index (χ2v) is 5.52. The van der Waals surface area contributed by atoms with Crippen molar-refractivity contribution in [3.63, 3.8) is 0 Å². The van der Waals surface area contributed by atoms with Crippen molar-refractivity contribution < 1.29 is 14.6 Å². The monoisotopic (exact) mass is 301 g/mol. The minimum Gasteiger partial charge on any atom is -0.489 e. The number of hydrogen-bond acceptors (Lipinski definition) is 4. The number of nitrogens with one attached hydrogen (secondary N) is 1. The Morgan fingerprint density at radius 2 is 1.95 bits per heavy atom. The molecule has 2 unspecified atom stereocenters. The molecule has 0 aliphatic rings. The number of aliphatic hydroxyl groups is 1. The van der Waals surface area contributed by atoms with Crippen LogP contribution in [-0.2, 0) is 4.74 Å². The van der Waals surface area contributed by atoms with E-state index in [-0.39, 0.29) is 12.6 Å². The van der Waals surface area contributed by atoms with Gasteiger partial charge in [0.1, 0.15) is 18.5 Å². The zero-order chi connectivity index (χ0) is 15.0. The third kappa shape index (κ3) is 6.09. The zero-order valence-electron chi connectivity index (χ0n) is 12.3. The summed E-state index contributed by atoms with van der Waals surface area (Å²) in [4.78, 5) is 0. The number of rotatable bonds is 9. The van der Waals surface area contributed by atoms with Gasteiger partial charge >= 0.3 is 0 Å². The van der Waals surface area contributed by atoms with Crippen LogP contribution in [0.1, 0.15) is 13.8 Å². The number of para-hydroxylation sites is 1. The van der Waals surface area contributed by atoms with Gasteiger partial charge in [0.05, 0.1) is 11.6 Å². The third-order valence-corrected chi connectivity index (χ3v) is 3.35. The molecule has 2 atom stereocenters. The fourth-order valence-corrected chi connectivity index (χ4v) is 1.95. The molecular formula is C15H24ClNO3. The maximum Gasteiger partial charge on any atom is 0.138 e. The summed E-state index contributed by atoms with van der Waals surface area (Å²) in [6.45, 7) is 5.51. The normalized spacial score (nSPS) is 14.3. The molecule has 0 heterocycles. The average molecular weight is 302 g/mol. The third-order valence-electron chi connectivity index (χ3n) is 3.03. The molecule has 0 saturated carbocycles. The van der Waals surface area contributed by atoms with Crippen molar-refractivity contribution in [2.45, 2.75) is 26.0 Å². The van der Waals surface area contributed by atoms with Crippen LogP contribution >= 0.6 is 11.6 Å². The Morgan fingerprint density at radius 3 is 2.55 bits per heavy atom. The fraction of sp³-hybridized carbons (Fsp3) is 0.600. The predicted molar refractivity (Wildman–Crippen MR) is 81.5 cm³/mol. The van der Waals surface area contributed by atoms with E-state index in [2.05, 4.69) is 19.2 Å². The van der Waals surface area contributed by atoms with E-state index in [1.54, 1.807) is 19.2 Å². The molecule has 2 N–H and O–H groups in total. The van der Waals surface area contributed by atoms with Gasteiger partial charge in [-0.05, 0) is 18.1 Å². The molecule has 0 radical (unpaired) electrons. The van der Waals surface area contributed by atoms with Crippen LogP contribution in [0.3, 0.4) is 0 Å². The second-order valence-electron chi connectivity index (χ2n) is 5.11. The molecular weight excluding hydrogens is 278 g/mol. The summed E-state index contributed by atoms with van der Waals surface area (Å²) in [6.07, 6.45) is -0.593. The van der Waals surface area contributed by atoms with Gasteiger partial charge in [-0.3, -0.25) is 0 Å². The molecule has 1 rings (SSSR count). The first-order valence-electron chi connectivity index (χ1n) is 6.82. The molecule has 1 aromatic rings. The Morgan fingerprint density at radius 1 is 1.25 bits per heavy atom. The van der Waals surface area contributed by atoms with Crippen LogP contribution in [0.2, 0.25) is 5.02 Å². The fourth-order valence-electron chi connectivity index (χ4n) is 1.76. The van der Waals surface area contributed by atoms with Gasteiger partial charge < -0.3 is 19.9 Å². The zero-order valence-corrected chi connectivity index (χ0v) is 13.1. The molecule has 0 bridgehead atoms. The highest BCUT2D eigenvalue weighted by Crippen LogP contribution is 2.23. The average Bonchev–Trinajstić information content (AvgIpc) is 2.42. The topological polar surface area (TPSA) is 50.7 Å². The smallest absolute Gasteiger partial charge is 0.138 e. The maximum atomic E-state index is 9.93. The number of aliphatic hydroxyl groups excluding tert-OH is 1. The SMILES string of the molecule is COCC(NCC(O)COc1ccccc1Cl)C(C)C. The van der Waals surface area contributed by atoms with Crippen LogP contribution in [-0.4, -0.2) is 44.1 Å². The van der Waals surface area contributed by atoms with Crippen molar-refractivity contribution in [2.24, 2.45) is 5.92 Å². The number of ether oxygens (including phenoxy) is 2. The van der Waals surface area contributed by atoms with Crippen LogP contribution in [0.5, 0.6) is 5.75 Å². The van der Waals surface area contributed by atoms with Crippen molar-refractivity contribution in [2.75, 3.05) is 26.9 Å². The Labute approximate surface area is 126 Å². The lowest BCUT2D eigenvalue weighted by molar-refractivity contribution is 0.0901. The summed E-state index contributed by atoms with van der Waals surface area (Å²) >= 11 is 5.98. The van der Waals surface area contributed by atoms with Crippen LogP contribution in [0, 0.1) is 5.92 Å². The summed E-state index contributed by atoms with van der Waals surface area (Å²) in [5.41, 5.74) is 0. The lowest BCUT2D eigenvalue weighted by atomic mass is 10.1. The van der Waals surface area contributed by atoms with Crippen molar-refractivity contribution in [3.8, 4) is 5.75 Å². The van der Waals surface area contributed by atoms with E-state index >= 15 is 0 Å². The largest absolute Gasteiger partial charge is 0.489 e. The molecule has 0 spiro atoms. The lowest BCUT2D eigenvalue weighted by Gasteiger charge is -2.23. The highest BCUT2D eigenvalue weighted by atomic mass is 35.5. The van der Waals surface area contributed by atoms with E-state index in [0.29, 0.717) is 29.8 Å². The predicted octanol–water partition coefficient (Wildman–Crippen LogP) is 2.34. The molecule has 0 aliphatic heterocycles. The van der Waals surface area contributed by atoms with Crippen LogP contribution in [0.25, 0.3) is 0 Å². The van der Waals surface area contributed by atoms with Gasteiger partial charge in [-0.2, -0.15) is 0 Å². The van der Waals surface area contributed by atoms with E-state index in [1.165, 1.54) is 0 Å². The lowest BCUT2D eigenvalue weighted by Crippen LogP contribution is -2.43. The van der Waals surface area contributed by atoms with Crippen molar-refractivity contribution >= 4 is 11.6 Å². The van der Waals surface area contributed by atoms with Crippen LogP contribution in [0.4, 0.5) is 0 Å². The first kappa shape index (κ1) is 17.2. The van der Waals surface area contributed by atoms with Gasteiger partial charge in [0.15, 0.2) is 0 Å². The summed E-state index contributed by atoms with van der Waals surface area (Å²) in [7, 11) is 1.67. The Bertz CT molecular complexity index is 387. The molecule has 1 aromatic carbocycles. The van der Waals surface area contributed by atoms with Gasteiger partial charge in [0.25, 0.3) is 0 Å². The second kappa shape index (κ2) is 9.19. The first-order chi connectivity index (χ1) is 9.54. The maximum absolute atomic E-state index is 9.93. The Balaban J connectivity index is 2.33. The molecule has 0 saturated heterocycles. The molecule has 0 amide bonds. The Hall–Kier alpha value is -0.810. The van der Waals surface area contributed by atoms with E-state index in [0.717, 1.165) is 0 Å². The highest BCUT2D eigenvalue weighted by molar-refractivity contribution is 6.32. The molecule has 0 fully saturated rings. The minimum atomic E-state index is -0.593. The number of hydrogen-bond donors (Lipinski definition) is 2. The van der Waals surface area contributed by atoms with Gasteiger partial charge in [0.2, 0.25) is 0 Å². The number of methoxy groups -OCH3 is 1. The standard InChI is InChI=1S/C15H24ClNO3/c1-11(2)14(10-19-3)17-8-12(18)9-20-15-7-5-4-6-13(15)16/h4-7,11-12,14,17-18H,8-10H2,1-3H3. The first-order valence-corrected chi connectivity index (χ1v) is 7.20. The molecule has 0 aromatic heterocycles. The van der Waals surface area contributed by atoms with E-state index in [1.807, 2.05) is 12.1 Å². The molecule has 5 heteroatoms. The quantitative estimate of drug-likeness (QED) is 0.735. The van der Waals surface area contributed by atoms with Gasteiger partial charge in [-0.15, -0.1) is 0 Å². The van der Waals surface area contributed by atoms with E-state index in [9.17, 15) is 5.11 Å². The summed E-state index contributed by atoms with van der Waals surface area (Å²) in [6, 6.07) is 7.44.